The van der Waals surface area contributed by atoms with Crippen LogP contribution in [0.2, 0.25) is 0 Å². The second-order valence-corrected chi connectivity index (χ2v) is 6.78. The van der Waals surface area contributed by atoms with Crippen molar-refractivity contribution in [1.29, 1.82) is 0 Å². The lowest BCUT2D eigenvalue weighted by Gasteiger charge is -2.16. The van der Waals surface area contributed by atoms with Gasteiger partial charge in [0, 0.05) is 30.9 Å². The molecular formula is C22H24FN3O2. The molecule has 28 heavy (non-hydrogen) atoms. The number of ether oxygens (including phenoxy) is 1. The van der Waals surface area contributed by atoms with Crippen LogP contribution in [-0.4, -0.2) is 32.3 Å². The summed E-state index contributed by atoms with van der Waals surface area (Å²) in [6, 6.07) is 6.74. The van der Waals surface area contributed by atoms with Gasteiger partial charge >= 0.3 is 0 Å². The highest BCUT2D eigenvalue weighted by atomic mass is 19.1. The van der Waals surface area contributed by atoms with Crippen LogP contribution in [0.15, 0.2) is 35.3 Å². The van der Waals surface area contributed by atoms with Crippen LogP contribution in [0.5, 0.6) is 5.75 Å². The Morgan fingerprint density at radius 3 is 2.79 bits per heavy atom. The highest BCUT2D eigenvalue weighted by Crippen LogP contribution is 2.32. The summed E-state index contributed by atoms with van der Waals surface area (Å²) in [6.07, 6.45) is 3.57. The molecule has 0 radical (unpaired) electrons. The lowest BCUT2D eigenvalue weighted by Crippen LogP contribution is -2.24. The molecule has 2 aromatic rings. The van der Waals surface area contributed by atoms with Crippen molar-refractivity contribution in [2.45, 2.75) is 20.3 Å². The first kappa shape index (κ1) is 19.6. The molecular weight excluding hydrogens is 357 g/mol. The molecule has 2 aromatic carbocycles. The molecule has 1 aliphatic rings. The number of allylic oxidation sites excluding steroid dienone is 1. The molecule has 0 fully saturated rings. The van der Waals surface area contributed by atoms with Gasteiger partial charge in [0.05, 0.1) is 12.1 Å². The van der Waals surface area contributed by atoms with Crippen molar-refractivity contribution in [2.24, 2.45) is 10.7 Å². The van der Waals surface area contributed by atoms with E-state index in [9.17, 15) is 9.18 Å². The second kappa shape index (κ2) is 8.25. The number of hydrogen-bond donors (Lipinski definition) is 2. The summed E-state index contributed by atoms with van der Waals surface area (Å²) in [5, 5.41) is 2.82. The maximum absolute atomic E-state index is 14.7. The average Bonchev–Trinajstić information content (AvgIpc) is 2.87. The number of hydrogen-bond acceptors (Lipinski definition) is 4. The predicted molar refractivity (Wildman–Crippen MR) is 110 cm³/mol. The summed E-state index contributed by atoms with van der Waals surface area (Å²) in [6.45, 7) is 4.80. The van der Waals surface area contributed by atoms with Crippen LogP contribution in [0.25, 0.3) is 5.70 Å². The molecule has 0 atom stereocenters. The van der Waals surface area contributed by atoms with E-state index in [1.54, 1.807) is 37.5 Å². The highest BCUT2D eigenvalue weighted by Gasteiger charge is 2.22. The van der Waals surface area contributed by atoms with E-state index < -0.39 is 0 Å². The third kappa shape index (κ3) is 3.91. The Labute approximate surface area is 164 Å². The Morgan fingerprint density at radius 2 is 2.07 bits per heavy atom. The first-order valence-corrected chi connectivity index (χ1v) is 9.13. The van der Waals surface area contributed by atoms with Gasteiger partial charge in [0.25, 0.3) is 5.91 Å². The van der Waals surface area contributed by atoms with Crippen LogP contribution >= 0.6 is 0 Å². The van der Waals surface area contributed by atoms with Gasteiger partial charge in [0.2, 0.25) is 0 Å². The van der Waals surface area contributed by atoms with Crippen LogP contribution in [0.4, 0.5) is 4.39 Å². The van der Waals surface area contributed by atoms with Crippen molar-refractivity contribution >= 4 is 17.8 Å². The quantitative estimate of drug-likeness (QED) is 0.799. The van der Waals surface area contributed by atoms with Gasteiger partial charge in [-0.3, -0.25) is 9.79 Å². The van der Waals surface area contributed by atoms with Crippen molar-refractivity contribution < 1.29 is 13.9 Å². The van der Waals surface area contributed by atoms with Gasteiger partial charge in [0.15, 0.2) is 0 Å². The van der Waals surface area contributed by atoms with Gasteiger partial charge in [-0.1, -0.05) is 12.1 Å². The second-order valence-electron chi connectivity index (χ2n) is 6.78. The Balaban J connectivity index is 1.96. The Kier molecular flexibility index (Phi) is 5.78. The summed E-state index contributed by atoms with van der Waals surface area (Å²) in [4.78, 5) is 16.2. The summed E-state index contributed by atoms with van der Waals surface area (Å²) in [5.41, 5.74) is 10.8. The molecule has 1 heterocycles. The molecule has 0 aromatic heterocycles. The molecule has 3 rings (SSSR count). The molecule has 0 unspecified atom stereocenters. The summed E-state index contributed by atoms with van der Waals surface area (Å²) in [5.74, 6) is 0.112. The van der Waals surface area contributed by atoms with E-state index in [2.05, 4.69) is 10.3 Å². The number of carbonyl (C=O) groups is 1. The van der Waals surface area contributed by atoms with Crippen molar-refractivity contribution in [3.8, 4) is 5.75 Å². The molecule has 0 bridgehead atoms. The van der Waals surface area contributed by atoms with Gasteiger partial charge in [0.1, 0.15) is 18.2 Å². The summed E-state index contributed by atoms with van der Waals surface area (Å²) in [7, 11) is 1.64. The Bertz CT molecular complexity index is 980. The summed E-state index contributed by atoms with van der Waals surface area (Å²) < 4.78 is 20.5. The largest absolute Gasteiger partial charge is 0.491 e. The average molecular weight is 381 g/mol. The minimum atomic E-state index is -0.338. The van der Waals surface area contributed by atoms with Gasteiger partial charge in [-0.05, 0) is 54.3 Å². The van der Waals surface area contributed by atoms with Crippen LogP contribution in [0, 0.1) is 19.7 Å². The normalized spacial score (nSPS) is 14.4. The number of aliphatic imine (C=N–C) groups is 1. The van der Waals surface area contributed by atoms with Crippen molar-refractivity contribution in [2.75, 3.05) is 20.2 Å². The van der Waals surface area contributed by atoms with E-state index in [4.69, 9.17) is 10.5 Å². The van der Waals surface area contributed by atoms with Gasteiger partial charge in [-0.15, -0.1) is 0 Å². The lowest BCUT2D eigenvalue weighted by molar-refractivity contribution is 0.0957. The number of benzene rings is 2. The molecule has 1 amide bonds. The third-order valence-electron chi connectivity index (χ3n) is 5.00. The van der Waals surface area contributed by atoms with Crippen LogP contribution in [-0.2, 0) is 6.42 Å². The molecule has 0 aliphatic carbocycles. The lowest BCUT2D eigenvalue weighted by atomic mass is 9.92. The molecule has 6 heteroatoms. The van der Waals surface area contributed by atoms with Gasteiger partial charge in [-0.2, -0.15) is 0 Å². The van der Waals surface area contributed by atoms with Crippen molar-refractivity contribution in [3.05, 3.63) is 69.5 Å². The molecule has 0 spiro atoms. The number of nitrogens with zero attached hydrogens (tertiary/aromatic N) is 1. The van der Waals surface area contributed by atoms with Crippen molar-refractivity contribution in [3.63, 3.8) is 0 Å². The SMILES string of the molecule is CN=C/C=C(\N)c1ccc(Cc2cc3c(c(C)c2C)OCCNC3=O)c(F)c1. The number of carbonyl (C=O) groups excluding carboxylic acids is 1. The van der Waals surface area contributed by atoms with Crippen LogP contribution in [0.1, 0.15) is 38.2 Å². The smallest absolute Gasteiger partial charge is 0.255 e. The minimum absolute atomic E-state index is 0.164. The number of amides is 1. The molecule has 1 aliphatic heterocycles. The minimum Gasteiger partial charge on any atom is -0.491 e. The van der Waals surface area contributed by atoms with E-state index in [-0.39, 0.29) is 11.7 Å². The third-order valence-corrected chi connectivity index (χ3v) is 5.00. The monoisotopic (exact) mass is 381 g/mol. The zero-order chi connectivity index (χ0) is 20.3. The molecule has 0 saturated heterocycles. The van der Waals surface area contributed by atoms with E-state index in [1.807, 2.05) is 13.8 Å². The number of nitrogens with one attached hydrogen (secondary N) is 1. The van der Waals surface area contributed by atoms with E-state index >= 15 is 0 Å². The number of fused-ring (bicyclic) bond motifs is 1. The van der Waals surface area contributed by atoms with Gasteiger partial charge < -0.3 is 15.8 Å². The first-order valence-electron chi connectivity index (χ1n) is 9.13. The molecule has 3 N–H and O–H groups in total. The number of nitrogens with two attached hydrogens (primary N) is 1. The highest BCUT2D eigenvalue weighted by molar-refractivity contribution is 5.98. The predicted octanol–water partition coefficient (Wildman–Crippen LogP) is 3.16. The first-order chi connectivity index (χ1) is 13.4. The Hall–Kier alpha value is -3.15. The van der Waals surface area contributed by atoms with E-state index in [0.717, 1.165) is 16.7 Å². The Morgan fingerprint density at radius 1 is 1.29 bits per heavy atom. The zero-order valence-electron chi connectivity index (χ0n) is 16.3. The van der Waals surface area contributed by atoms with Crippen molar-refractivity contribution in [1.82, 2.24) is 5.32 Å². The molecule has 146 valence electrons. The van der Waals surface area contributed by atoms with E-state index in [1.165, 1.54) is 6.07 Å². The van der Waals surface area contributed by atoms with E-state index in [0.29, 0.717) is 47.7 Å². The summed E-state index contributed by atoms with van der Waals surface area (Å²) >= 11 is 0. The standard InChI is InChI=1S/C22H24FN3O2/c1-13-14(2)21-18(22(27)26-8-9-28-21)11-17(13)10-15-4-5-16(12-19(15)23)20(24)6-7-25-3/h4-7,11-12H,8-10,24H2,1-3H3,(H,26,27)/b20-6-,25-7?. The fourth-order valence-electron chi connectivity index (χ4n) is 3.24. The van der Waals surface area contributed by atoms with Crippen LogP contribution in [0.3, 0.4) is 0 Å². The number of halogens is 1. The number of rotatable bonds is 4. The van der Waals surface area contributed by atoms with Crippen LogP contribution < -0.4 is 15.8 Å². The molecule has 5 nitrogen and oxygen atoms in total. The zero-order valence-corrected chi connectivity index (χ0v) is 16.3. The maximum Gasteiger partial charge on any atom is 0.255 e. The maximum atomic E-state index is 14.7. The fourth-order valence-corrected chi connectivity index (χ4v) is 3.24. The topological polar surface area (TPSA) is 76.7 Å². The van der Waals surface area contributed by atoms with Gasteiger partial charge in [-0.25, -0.2) is 4.39 Å². The molecule has 0 saturated carbocycles. The fraction of sp³-hybridized carbons (Fsp3) is 0.273.